The number of hydrogen-bond acceptors (Lipinski definition) is 10. The van der Waals surface area contributed by atoms with Crippen LogP contribution in [0.5, 0.6) is 5.75 Å². The molecular formula is C37H40N4O8S. The number of alkyl carbamates (subject to hydrolysis) is 1. The van der Waals surface area contributed by atoms with Crippen LogP contribution in [0.2, 0.25) is 0 Å². The number of esters is 1. The van der Waals surface area contributed by atoms with E-state index in [1.54, 1.807) is 62.4 Å². The van der Waals surface area contributed by atoms with Crippen LogP contribution in [0.1, 0.15) is 75.2 Å². The topological polar surface area (TPSA) is 165 Å². The number of benzene rings is 2. The number of carbonyl (C=O) groups excluding carboxylic acids is 4. The van der Waals surface area contributed by atoms with Gasteiger partial charge in [-0.05, 0) is 92.6 Å². The number of aryl methyl sites for hydroxylation is 1. The molecule has 1 aliphatic heterocycles. The summed E-state index contributed by atoms with van der Waals surface area (Å²) >= 11 is 1.55. The predicted molar refractivity (Wildman–Crippen MR) is 190 cm³/mol. The van der Waals surface area contributed by atoms with Gasteiger partial charge in [0.25, 0.3) is 11.8 Å². The molecule has 0 aliphatic carbocycles. The fourth-order valence-corrected chi connectivity index (χ4v) is 6.38. The highest BCUT2D eigenvalue weighted by molar-refractivity contribution is 7.13. The molecule has 0 unspecified atom stereocenters. The van der Waals surface area contributed by atoms with Crippen LogP contribution in [0.4, 0.5) is 10.5 Å². The number of methoxy groups -OCH3 is 1. The number of amides is 3. The molecule has 50 heavy (non-hydrogen) atoms. The summed E-state index contributed by atoms with van der Waals surface area (Å²) in [6.45, 7) is 8.01. The quantitative estimate of drug-likeness (QED) is 0.117. The minimum absolute atomic E-state index is 0.0239. The minimum atomic E-state index is -0.792. The van der Waals surface area contributed by atoms with E-state index in [4.69, 9.17) is 19.3 Å². The molecular weight excluding hydrogens is 660 g/mol. The summed E-state index contributed by atoms with van der Waals surface area (Å²) in [5.41, 5.74) is 4.05. The Kier molecular flexibility index (Phi) is 11.2. The van der Waals surface area contributed by atoms with Crippen molar-refractivity contribution < 1.29 is 38.5 Å². The number of nitrogens with zero attached hydrogens (tertiary/aromatic N) is 1. The van der Waals surface area contributed by atoms with Crippen molar-refractivity contribution in [3.63, 3.8) is 0 Å². The third-order valence-corrected chi connectivity index (χ3v) is 8.77. The van der Waals surface area contributed by atoms with Crippen LogP contribution in [0.3, 0.4) is 0 Å². The molecule has 3 amide bonds. The van der Waals surface area contributed by atoms with Crippen molar-refractivity contribution in [3.8, 4) is 27.3 Å². The predicted octanol–water partition coefficient (Wildman–Crippen LogP) is 5.90. The number of aliphatic hydroxyl groups excluding tert-OH is 1. The maximum atomic E-state index is 14.2. The number of fused-ring (bicyclic) bond motifs is 3. The summed E-state index contributed by atoms with van der Waals surface area (Å²) in [5, 5.41) is 19.5. The maximum Gasteiger partial charge on any atom is 0.407 e. The lowest BCUT2D eigenvalue weighted by Gasteiger charge is -2.20. The Morgan fingerprint density at radius 1 is 0.980 bits per heavy atom. The van der Waals surface area contributed by atoms with Gasteiger partial charge in [-0.25, -0.2) is 14.6 Å². The lowest BCUT2D eigenvalue weighted by molar-refractivity contribution is 0.0522. The second-order valence-corrected chi connectivity index (χ2v) is 13.6. The zero-order valence-corrected chi connectivity index (χ0v) is 29.4. The second-order valence-electron chi connectivity index (χ2n) is 12.6. The second kappa shape index (κ2) is 15.5. The summed E-state index contributed by atoms with van der Waals surface area (Å²) in [6, 6.07) is 14.0. The molecule has 0 fully saturated rings. The zero-order chi connectivity index (χ0) is 36.0. The third-order valence-electron chi connectivity index (χ3n) is 7.78. The molecule has 262 valence electrons. The Bertz CT molecular complexity index is 1930. The zero-order valence-electron chi connectivity index (χ0n) is 28.6. The Balaban J connectivity index is 1.53. The van der Waals surface area contributed by atoms with Gasteiger partial charge >= 0.3 is 12.1 Å². The summed E-state index contributed by atoms with van der Waals surface area (Å²) in [6.07, 6.45) is 0.518. The Hall–Kier alpha value is -5.27. The van der Waals surface area contributed by atoms with Crippen molar-refractivity contribution in [2.75, 3.05) is 32.2 Å². The van der Waals surface area contributed by atoms with E-state index in [-0.39, 0.29) is 42.2 Å². The van der Waals surface area contributed by atoms with Gasteiger partial charge in [-0.2, -0.15) is 0 Å². The van der Waals surface area contributed by atoms with E-state index in [1.165, 1.54) is 13.2 Å². The van der Waals surface area contributed by atoms with Crippen LogP contribution in [0.25, 0.3) is 21.6 Å². The molecule has 1 aliphatic rings. The molecule has 0 spiro atoms. The Labute approximate surface area is 294 Å². The van der Waals surface area contributed by atoms with Crippen LogP contribution in [-0.2, 0) is 22.4 Å². The van der Waals surface area contributed by atoms with Crippen molar-refractivity contribution in [3.05, 3.63) is 87.6 Å². The highest BCUT2D eigenvalue weighted by Gasteiger charge is 2.27. The van der Waals surface area contributed by atoms with E-state index in [2.05, 4.69) is 20.9 Å². The first-order valence-corrected chi connectivity index (χ1v) is 17.0. The monoisotopic (exact) mass is 700 g/mol. The Morgan fingerprint density at radius 2 is 1.78 bits per heavy atom. The number of rotatable bonds is 10. The third kappa shape index (κ3) is 8.47. The van der Waals surface area contributed by atoms with Gasteiger partial charge in [0, 0.05) is 58.9 Å². The highest BCUT2D eigenvalue weighted by Crippen LogP contribution is 2.43. The van der Waals surface area contributed by atoms with Crippen LogP contribution < -0.4 is 20.7 Å². The first kappa shape index (κ1) is 36.0. The van der Waals surface area contributed by atoms with Gasteiger partial charge in [0.2, 0.25) is 0 Å². The van der Waals surface area contributed by atoms with E-state index in [0.717, 1.165) is 27.1 Å². The molecule has 2 aromatic carbocycles. The standard InChI is InChI=1S/C37H40N4O8S/c1-21-17-22(20-39-36(46)49-37(2,3)4)7-9-28(21)41-33(43)26-18-27-30(48-15-11-23-12-16-50-32(23)27)19-25(26)24-8-10-29(34(44)38-13-6-14-42)40-31(24)35(45)47-5/h7-10,12,16-19,42H,6,11,13-15,20H2,1-5H3,(H,38,44)(H,39,46)(H,41,43). The fraction of sp³-hybridized carbons (Fsp3) is 0.324. The number of carbonyl (C=O) groups is 4. The lowest BCUT2D eigenvalue weighted by Crippen LogP contribution is -2.32. The van der Waals surface area contributed by atoms with Crippen molar-refractivity contribution in [2.24, 2.45) is 0 Å². The van der Waals surface area contributed by atoms with E-state index in [0.29, 0.717) is 36.4 Å². The molecule has 0 saturated heterocycles. The summed E-state index contributed by atoms with van der Waals surface area (Å²) in [4.78, 5) is 57.6. The Morgan fingerprint density at radius 3 is 2.50 bits per heavy atom. The van der Waals surface area contributed by atoms with Gasteiger partial charge in [-0.1, -0.05) is 12.1 Å². The van der Waals surface area contributed by atoms with Crippen molar-refractivity contribution >= 4 is 40.9 Å². The number of thiophene rings is 1. The molecule has 0 bridgehead atoms. The number of hydrogen-bond donors (Lipinski definition) is 4. The maximum absolute atomic E-state index is 14.2. The molecule has 3 heterocycles. The van der Waals surface area contributed by atoms with E-state index >= 15 is 0 Å². The number of anilines is 1. The first-order valence-electron chi connectivity index (χ1n) is 16.1. The van der Waals surface area contributed by atoms with Crippen LogP contribution in [0, 0.1) is 6.92 Å². The van der Waals surface area contributed by atoms with Crippen molar-refractivity contribution in [2.45, 2.75) is 52.7 Å². The van der Waals surface area contributed by atoms with E-state index < -0.39 is 29.5 Å². The molecule has 0 atom stereocenters. The van der Waals surface area contributed by atoms with Crippen molar-refractivity contribution in [1.82, 2.24) is 15.6 Å². The van der Waals surface area contributed by atoms with Crippen LogP contribution in [-0.4, -0.2) is 66.4 Å². The van der Waals surface area contributed by atoms with Crippen molar-refractivity contribution in [1.29, 1.82) is 0 Å². The molecule has 5 rings (SSSR count). The molecule has 2 aromatic heterocycles. The fourth-order valence-electron chi connectivity index (χ4n) is 5.41. The first-order chi connectivity index (χ1) is 23.9. The summed E-state index contributed by atoms with van der Waals surface area (Å²) in [5.74, 6) is -1.23. The van der Waals surface area contributed by atoms with Crippen LogP contribution in [0.15, 0.2) is 53.9 Å². The van der Waals surface area contributed by atoms with Gasteiger partial charge in [0.1, 0.15) is 17.0 Å². The smallest absolute Gasteiger partial charge is 0.407 e. The molecule has 4 N–H and O–H groups in total. The normalized spacial score (nSPS) is 12.0. The van der Waals surface area contributed by atoms with Crippen LogP contribution >= 0.6 is 11.3 Å². The highest BCUT2D eigenvalue weighted by atomic mass is 32.1. The average molecular weight is 701 g/mol. The van der Waals surface area contributed by atoms with Gasteiger partial charge in [-0.3, -0.25) is 9.59 Å². The van der Waals surface area contributed by atoms with E-state index in [9.17, 15) is 19.2 Å². The van der Waals surface area contributed by atoms with Gasteiger partial charge in [0.05, 0.1) is 13.7 Å². The number of aliphatic hydroxyl groups is 1. The molecule has 0 saturated carbocycles. The SMILES string of the molecule is COC(=O)c1nc(C(=O)NCCCO)ccc1-c1cc2c(cc1C(=O)Nc1ccc(CNC(=O)OC(C)(C)C)cc1C)-c1sccc1CCO2. The van der Waals surface area contributed by atoms with Gasteiger partial charge in [-0.15, -0.1) is 11.3 Å². The molecule has 4 aromatic rings. The summed E-state index contributed by atoms with van der Waals surface area (Å²) < 4.78 is 16.5. The molecule has 12 nitrogen and oxygen atoms in total. The molecule has 13 heteroatoms. The lowest BCUT2D eigenvalue weighted by atomic mass is 9.93. The van der Waals surface area contributed by atoms with Gasteiger partial charge in [0.15, 0.2) is 5.69 Å². The number of ether oxygens (including phenoxy) is 3. The largest absolute Gasteiger partial charge is 0.493 e. The number of nitrogens with one attached hydrogen (secondary N) is 3. The van der Waals surface area contributed by atoms with E-state index in [1.807, 2.05) is 24.4 Å². The molecule has 0 radical (unpaired) electrons. The average Bonchev–Trinajstić information content (AvgIpc) is 3.48. The van der Waals surface area contributed by atoms with Gasteiger partial charge < -0.3 is 35.3 Å². The number of aromatic nitrogens is 1. The number of pyridine rings is 1. The minimum Gasteiger partial charge on any atom is -0.493 e. The summed E-state index contributed by atoms with van der Waals surface area (Å²) in [7, 11) is 1.21.